The van der Waals surface area contributed by atoms with Crippen molar-refractivity contribution in [1.29, 1.82) is 0 Å². The van der Waals surface area contributed by atoms with Crippen LogP contribution in [0, 0.1) is 12.3 Å². The number of nitrogens with one attached hydrogen (secondary N) is 4. The van der Waals surface area contributed by atoms with Crippen LogP contribution in [0.3, 0.4) is 0 Å². The van der Waals surface area contributed by atoms with Crippen molar-refractivity contribution >= 4 is 55.5 Å². The van der Waals surface area contributed by atoms with Crippen molar-refractivity contribution in [2.24, 2.45) is 5.41 Å². The number of fused-ring (bicyclic) bond motifs is 1. The molecule has 1 aliphatic carbocycles. The topological polar surface area (TPSA) is 141 Å². The Morgan fingerprint density at radius 2 is 1.78 bits per heavy atom. The van der Waals surface area contributed by atoms with Gasteiger partial charge in [-0.3, -0.25) is 9.69 Å². The van der Waals surface area contributed by atoms with E-state index in [1.54, 1.807) is 30.6 Å². The Morgan fingerprint density at radius 3 is 2.54 bits per heavy atom. The van der Waals surface area contributed by atoms with Crippen LogP contribution in [0.5, 0.6) is 11.5 Å². The maximum absolute atomic E-state index is 13.9. The molecule has 59 heavy (non-hydrogen) atoms. The Hall–Kier alpha value is -4.92. The summed E-state index contributed by atoms with van der Waals surface area (Å²) in [5.41, 5.74) is 14.1. The van der Waals surface area contributed by atoms with Gasteiger partial charge in [0.15, 0.2) is 0 Å². The third-order valence-electron chi connectivity index (χ3n) is 11.7. The molecule has 2 aliphatic heterocycles. The first kappa shape index (κ1) is 40.8. The lowest BCUT2D eigenvalue weighted by Crippen LogP contribution is -2.47. The zero-order valence-electron chi connectivity index (χ0n) is 33.8. The molecule has 2 aromatic heterocycles. The van der Waals surface area contributed by atoms with Crippen LogP contribution in [0.15, 0.2) is 95.7 Å². The molecule has 3 aliphatic rings. The first-order valence-corrected chi connectivity index (χ1v) is 22.2. The lowest BCUT2D eigenvalue weighted by molar-refractivity contribution is 0.0798. The largest absolute Gasteiger partial charge is 0.455 e. The van der Waals surface area contributed by atoms with Gasteiger partial charge >= 0.3 is 0 Å². The number of carbonyl (C=O) groups is 1. The number of hydrogen-bond donors (Lipinski definition) is 4. The summed E-state index contributed by atoms with van der Waals surface area (Å²) < 4.78 is 41.4. The van der Waals surface area contributed by atoms with E-state index in [1.807, 2.05) is 43.3 Å². The molecule has 4 N–H and O–H groups in total. The zero-order valence-corrected chi connectivity index (χ0v) is 35.4. The molecule has 0 radical (unpaired) electrons. The Morgan fingerprint density at radius 1 is 1.00 bits per heavy atom. The van der Waals surface area contributed by atoms with E-state index >= 15 is 0 Å². The molecular formula is C45H52ClN7O5S. The van der Waals surface area contributed by atoms with Gasteiger partial charge in [-0.2, -0.15) is 0 Å². The number of hydrogen-bond acceptors (Lipinski definition) is 10. The second kappa shape index (κ2) is 17.4. The zero-order chi connectivity index (χ0) is 41.1. The lowest BCUT2D eigenvalue weighted by Gasteiger charge is -2.39. The number of piperazine rings is 1. The Balaban J connectivity index is 0.986. The number of sulfonamides is 1. The number of hydrazine groups is 1. The fourth-order valence-corrected chi connectivity index (χ4v) is 9.36. The number of pyridine rings is 1. The number of aromatic nitrogens is 2. The summed E-state index contributed by atoms with van der Waals surface area (Å²) in [6.07, 6.45) is 8.42. The molecule has 0 bridgehead atoms. The van der Waals surface area contributed by atoms with Crippen LogP contribution in [0.25, 0.3) is 16.6 Å². The molecule has 8 rings (SSSR count). The van der Waals surface area contributed by atoms with Crippen molar-refractivity contribution in [1.82, 2.24) is 25.0 Å². The van der Waals surface area contributed by atoms with E-state index in [-0.39, 0.29) is 27.7 Å². The smallest absolute Gasteiger partial charge is 0.268 e. The summed E-state index contributed by atoms with van der Waals surface area (Å²) in [4.78, 5) is 26.2. The minimum absolute atomic E-state index is 0.0213. The monoisotopic (exact) mass is 837 g/mol. The summed E-state index contributed by atoms with van der Waals surface area (Å²) in [5.74, 6) is -0.148. The van der Waals surface area contributed by atoms with Gasteiger partial charge in [-0.25, -0.2) is 23.5 Å². The second-order valence-electron chi connectivity index (χ2n) is 16.6. The Bertz CT molecular complexity index is 2450. The SMILES string of the molecule is Cc1cc(S(=O)(=O)NC(=O)c2ccc(N3CCN(CC4=C(c5ccc(Cl)cc5)CC(C)(C)CC4)CC3)cc2Oc2cnc3[nH]ccc3c2)ccc1NNC1CCOCC1. The van der Waals surface area contributed by atoms with E-state index in [2.05, 4.69) is 61.3 Å². The molecule has 4 heterocycles. The Kier molecular flexibility index (Phi) is 12.0. The standard InChI is InChI=1S/C45H52ClN7O5S/c1-30-24-38(9-11-41(30)50-49-35-14-22-57-23-15-35)59(55,56)51-44(54)39-10-8-36(26-42(39)58-37-25-32-13-17-47-43(32)48-28-37)53-20-18-52(19-21-53)29-33-12-16-45(2,3)27-40(33)31-4-6-34(46)7-5-31/h4-11,13,17,24-26,28,35,49-50H,12,14-16,18-23,27,29H2,1-3H3,(H,47,48)(H,51,54). The number of benzene rings is 3. The van der Waals surface area contributed by atoms with E-state index in [0.717, 1.165) is 86.6 Å². The second-order valence-corrected chi connectivity index (χ2v) is 18.7. The summed E-state index contributed by atoms with van der Waals surface area (Å²) in [6, 6.07) is 22.3. The van der Waals surface area contributed by atoms with Crippen molar-refractivity contribution in [3.8, 4) is 11.5 Å². The average Bonchev–Trinajstić information content (AvgIpc) is 3.70. The normalized spacial score (nSPS) is 17.9. The quantitative estimate of drug-likeness (QED) is 0.0908. The number of ether oxygens (including phenoxy) is 2. The summed E-state index contributed by atoms with van der Waals surface area (Å²) in [6.45, 7) is 12.1. The first-order valence-electron chi connectivity index (χ1n) is 20.4. The highest BCUT2D eigenvalue weighted by Crippen LogP contribution is 2.43. The van der Waals surface area contributed by atoms with Gasteiger partial charge in [-0.05, 0) is 116 Å². The number of H-pyrrole nitrogens is 1. The summed E-state index contributed by atoms with van der Waals surface area (Å²) in [5, 5.41) is 1.59. The van der Waals surface area contributed by atoms with E-state index in [4.69, 9.17) is 21.1 Å². The molecule has 5 aromatic rings. The number of allylic oxidation sites excluding steroid dienone is 1. The molecule has 2 fully saturated rings. The van der Waals surface area contributed by atoms with E-state index < -0.39 is 15.9 Å². The number of carbonyl (C=O) groups excluding carboxylic acids is 1. The molecule has 2 saturated heterocycles. The number of halogens is 1. The molecule has 14 heteroatoms. The number of amides is 1. The highest BCUT2D eigenvalue weighted by molar-refractivity contribution is 7.90. The number of anilines is 2. The van der Waals surface area contributed by atoms with Gasteiger partial charge < -0.3 is 24.8 Å². The highest BCUT2D eigenvalue weighted by Gasteiger charge is 2.30. The molecule has 310 valence electrons. The summed E-state index contributed by atoms with van der Waals surface area (Å²) >= 11 is 6.25. The highest BCUT2D eigenvalue weighted by atomic mass is 35.5. The van der Waals surface area contributed by atoms with Crippen molar-refractivity contribution in [2.75, 3.05) is 56.3 Å². The van der Waals surface area contributed by atoms with Gasteiger partial charge in [-0.15, -0.1) is 0 Å². The van der Waals surface area contributed by atoms with Gasteiger partial charge in [0, 0.05) is 80.3 Å². The van der Waals surface area contributed by atoms with Crippen LogP contribution in [-0.2, 0) is 14.8 Å². The third-order valence-corrected chi connectivity index (χ3v) is 13.3. The molecule has 3 aromatic carbocycles. The molecular weight excluding hydrogens is 786 g/mol. The number of aromatic amines is 1. The first-order chi connectivity index (χ1) is 28.4. The van der Waals surface area contributed by atoms with Crippen LogP contribution in [0.4, 0.5) is 11.4 Å². The minimum atomic E-state index is -4.23. The fraction of sp³-hybridized carbons (Fsp3) is 0.378. The van der Waals surface area contributed by atoms with Gasteiger partial charge in [0.2, 0.25) is 0 Å². The maximum atomic E-state index is 13.9. The molecule has 12 nitrogen and oxygen atoms in total. The Labute approximate surface area is 351 Å². The predicted molar refractivity (Wildman–Crippen MR) is 234 cm³/mol. The van der Waals surface area contributed by atoms with Gasteiger partial charge in [-0.1, -0.05) is 43.2 Å². The fourth-order valence-electron chi connectivity index (χ4n) is 8.18. The number of nitrogens with zero attached hydrogens (tertiary/aromatic N) is 3. The maximum Gasteiger partial charge on any atom is 0.268 e. The lowest BCUT2D eigenvalue weighted by atomic mass is 9.72. The predicted octanol–water partition coefficient (Wildman–Crippen LogP) is 8.32. The van der Waals surface area contributed by atoms with Crippen LogP contribution < -0.4 is 25.2 Å². The minimum Gasteiger partial charge on any atom is -0.455 e. The number of aryl methyl sites for hydroxylation is 1. The van der Waals surface area contributed by atoms with E-state index in [9.17, 15) is 13.2 Å². The van der Waals surface area contributed by atoms with Gasteiger partial charge in [0.25, 0.3) is 15.9 Å². The summed E-state index contributed by atoms with van der Waals surface area (Å²) in [7, 11) is -4.23. The van der Waals surface area contributed by atoms with Crippen molar-refractivity contribution in [3.05, 3.63) is 112 Å². The van der Waals surface area contributed by atoms with Crippen molar-refractivity contribution in [2.45, 2.75) is 63.8 Å². The molecule has 1 amide bonds. The molecule has 0 spiro atoms. The van der Waals surface area contributed by atoms with Gasteiger partial charge in [0.05, 0.1) is 22.3 Å². The molecule has 0 atom stereocenters. The third kappa shape index (κ3) is 9.77. The van der Waals surface area contributed by atoms with Crippen LogP contribution in [0.1, 0.15) is 67.4 Å². The van der Waals surface area contributed by atoms with E-state index in [1.165, 1.54) is 22.8 Å². The average molecular weight is 838 g/mol. The molecule has 0 saturated carbocycles. The van der Waals surface area contributed by atoms with Crippen LogP contribution >= 0.6 is 11.6 Å². The van der Waals surface area contributed by atoms with Gasteiger partial charge in [0.1, 0.15) is 17.1 Å². The van der Waals surface area contributed by atoms with Crippen LogP contribution in [0.2, 0.25) is 5.02 Å². The van der Waals surface area contributed by atoms with Crippen LogP contribution in [-0.4, -0.2) is 81.2 Å². The van der Waals surface area contributed by atoms with Crippen molar-refractivity contribution in [3.63, 3.8) is 0 Å². The van der Waals surface area contributed by atoms with E-state index in [0.29, 0.717) is 30.2 Å². The van der Waals surface area contributed by atoms with Crippen molar-refractivity contribution < 1.29 is 22.7 Å². The number of rotatable bonds is 12. The molecule has 0 unspecified atom stereocenters.